The molecule has 4 N–H and O–H groups in total. The van der Waals surface area contributed by atoms with Crippen LogP contribution in [0.1, 0.15) is 81.7 Å². The molecule has 0 bridgehead atoms. The van der Waals surface area contributed by atoms with E-state index in [0.717, 1.165) is 39.1 Å². The maximum absolute atomic E-state index is 13.4. The van der Waals surface area contributed by atoms with E-state index < -0.39 is 37.9 Å². The van der Waals surface area contributed by atoms with Gasteiger partial charge >= 0.3 is 19.5 Å². The number of hydrogen-bond acceptors (Lipinski definition) is 9. The summed E-state index contributed by atoms with van der Waals surface area (Å²) in [7, 11) is -4.36. The smallest absolute Gasteiger partial charge is 0.333 e. The van der Waals surface area contributed by atoms with Crippen LogP contribution in [0.4, 0.5) is 0 Å². The fraction of sp³-hybridized carbons (Fsp3) is 0.533. The van der Waals surface area contributed by atoms with Gasteiger partial charge in [0, 0.05) is 0 Å². The van der Waals surface area contributed by atoms with Crippen LogP contribution in [-0.2, 0) is 30.0 Å². The Morgan fingerprint density at radius 3 is 1.93 bits per heavy atom. The molecule has 0 amide bonds. The molecule has 0 aliphatic heterocycles. The van der Waals surface area contributed by atoms with E-state index in [1.807, 2.05) is 26.0 Å². The lowest BCUT2D eigenvalue weighted by atomic mass is 9.91. The third-order valence-electron chi connectivity index (χ3n) is 6.91. The van der Waals surface area contributed by atoms with Crippen molar-refractivity contribution in [2.24, 2.45) is 0 Å². The number of aryl methyl sites for hydroxylation is 2. The van der Waals surface area contributed by atoms with Crippen LogP contribution in [0.25, 0.3) is 0 Å². The summed E-state index contributed by atoms with van der Waals surface area (Å²) in [5.41, 5.74) is 10.2. The summed E-state index contributed by atoms with van der Waals surface area (Å²) in [6.07, 6.45) is 0.924. The topological polar surface area (TPSA) is 147 Å². The van der Waals surface area contributed by atoms with Crippen molar-refractivity contribution < 1.29 is 38.4 Å². The van der Waals surface area contributed by atoms with Crippen molar-refractivity contribution >= 4 is 19.5 Å². The Morgan fingerprint density at radius 1 is 0.929 bits per heavy atom. The molecule has 0 saturated heterocycles. The zero-order valence-corrected chi connectivity index (χ0v) is 26.8. The molecular weight excluding hydrogens is 561 g/mol. The molecule has 0 aliphatic carbocycles. The molecule has 4 atom stereocenters. The van der Waals surface area contributed by atoms with Gasteiger partial charge in [-0.2, -0.15) is 0 Å². The van der Waals surface area contributed by atoms with Crippen molar-refractivity contribution in [1.29, 1.82) is 0 Å². The number of rotatable bonds is 16. The second kappa shape index (κ2) is 16.0. The normalized spacial score (nSPS) is 15.0. The Kier molecular flexibility index (Phi) is 13.5. The van der Waals surface area contributed by atoms with E-state index in [9.17, 15) is 24.2 Å². The highest BCUT2D eigenvalue weighted by Gasteiger charge is 2.35. The van der Waals surface area contributed by atoms with Crippen molar-refractivity contribution in [1.82, 2.24) is 15.7 Å². The number of hydrogen-bond donors (Lipinski definition) is 4. The lowest BCUT2D eigenvalue weighted by molar-refractivity contribution is -0.147. The van der Waals surface area contributed by atoms with Crippen LogP contribution in [0.3, 0.4) is 0 Å². The molecule has 11 nitrogen and oxygen atoms in total. The molecule has 0 heterocycles. The van der Waals surface area contributed by atoms with Crippen molar-refractivity contribution in [2.45, 2.75) is 86.2 Å². The van der Waals surface area contributed by atoms with Crippen LogP contribution in [-0.4, -0.2) is 58.5 Å². The quantitative estimate of drug-likeness (QED) is 0.118. The first kappa shape index (κ1) is 35.2. The molecule has 42 heavy (non-hydrogen) atoms. The molecule has 0 saturated carbocycles. The Morgan fingerprint density at radius 2 is 1.45 bits per heavy atom. The molecule has 0 fully saturated rings. The number of nitrogens with one attached hydrogen (secondary N) is 2. The third-order valence-corrected chi connectivity index (χ3v) is 8.23. The van der Waals surface area contributed by atoms with E-state index >= 15 is 0 Å². The maximum atomic E-state index is 13.4. The SMILES string of the molecule is CCOC(=O)C(C)NN(NC(C)C(=O)OCC)P(=O)(O)COc1cc(C)c(Cc2ccc(O)c(C(C)CC)c2)c(C)c1. The zero-order chi connectivity index (χ0) is 31.6. The standard InChI is InChI=1S/C30H46N3O8P/c1-9-19(4)27-17-24(12-13-28(27)34)16-26-20(5)14-25(15-21(26)6)41-18-42(37,38)33(31-22(7)29(35)39-10-2)32-23(8)30(36)40-11-3/h12-15,17,19,22-23,31-32,34H,9-11,16,18H2,1-8H3,(H,37,38). The van der Waals surface area contributed by atoms with Gasteiger partial charge in [-0.3, -0.25) is 14.2 Å². The maximum Gasteiger partial charge on any atom is 0.333 e. The first-order valence-electron chi connectivity index (χ1n) is 14.3. The fourth-order valence-electron chi connectivity index (χ4n) is 4.29. The van der Waals surface area contributed by atoms with Crippen molar-refractivity contribution in [2.75, 3.05) is 19.6 Å². The second-order valence-electron chi connectivity index (χ2n) is 10.4. The van der Waals surface area contributed by atoms with Gasteiger partial charge in [-0.25, -0.2) is 10.9 Å². The van der Waals surface area contributed by atoms with E-state index in [4.69, 9.17) is 14.2 Å². The first-order chi connectivity index (χ1) is 19.7. The van der Waals surface area contributed by atoms with Gasteiger partial charge in [-0.05, 0) is 106 Å². The molecule has 0 radical (unpaired) electrons. The number of ether oxygens (including phenoxy) is 3. The zero-order valence-electron chi connectivity index (χ0n) is 25.9. The molecule has 2 aromatic rings. The summed E-state index contributed by atoms with van der Waals surface area (Å²) in [6.45, 7) is 14.6. The minimum Gasteiger partial charge on any atom is -0.508 e. The van der Waals surface area contributed by atoms with Gasteiger partial charge in [0.05, 0.1) is 13.2 Å². The summed E-state index contributed by atoms with van der Waals surface area (Å²) in [4.78, 5) is 36.1. The van der Waals surface area contributed by atoms with E-state index in [1.165, 1.54) is 13.8 Å². The Hall–Kier alpha value is -2.95. The lowest BCUT2D eigenvalue weighted by Crippen LogP contribution is -2.56. The van der Waals surface area contributed by atoms with Gasteiger partial charge in [-0.15, -0.1) is 0 Å². The first-order valence-corrected chi connectivity index (χ1v) is 16.1. The highest BCUT2D eigenvalue weighted by molar-refractivity contribution is 7.55. The predicted octanol–water partition coefficient (Wildman–Crippen LogP) is 4.85. The van der Waals surface area contributed by atoms with Crippen LogP contribution >= 0.6 is 7.52 Å². The molecule has 0 aliphatic rings. The molecule has 2 aromatic carbocycles. The summed E-state index contributed by atoms with van der Waals surface area (Å²) >= 11 is 0. The molecule has 234 valence electrons. The number of nitrogens with zero attached hydrogens (tertiary/aromatic N) is 1. The van der Waals surface area contributed by atoms with E-state index in [1.54, 1.807) is 32.0 Å². The highest BCUT2D eigenvalue weighted by atomic mass is 31.2. The molecule has 2 rings (SSSR count). The highest BCUT2D eigenvalue weighted by Crippen LogP contribution is 2.43. The van der Waals surface area contributed by atoms with Crippen molar-refractivity contribution in [3.8, 4) is 11.5 Å². The lowest BCUT2D eigenvalue weighted by Gasteiger charge is -2.31. The monoisotopic (exact) mass is 607 g/mol. The molecule has 0 spiro atoms. The van der Waals surface area contributed by atoms with Gasteiger partial charge in [0.25, 0.3) is 0 Å². The average molecular weight is 608 g/mol. The molecule has 0 aromatic heterocycles. The van der Waals surface area contributed by atoms with Crippen LogP contribution in [0.2, 0.25) is 0 Å². The number of carbonyl (C=O) groups is 2. The number of phenolic OH excluding ortho intramolecular Hbond substituents is 1. The summed E-state index contributed by atoms with van der Waals surface area (Å²) in [5, 5.41) is 10.3. The number of esters is 2. The van der Waals surface area contributed by atoms with Gasteiger partial charge in [0.2, 0.25) is 0 Å². The minimum atomic E-state index is -4.36. The van der Waals surface area contributed by atoms with Gasteiger partial charge in [-0.1, -0.05) is 30.9 Å². The van der Waals surface area contributed by atoms with Crippen molar-refractivity contribution in [3.63, 3.8) is 0 Å². The molecule has 4 unspecified atom stereocenters. The third kappa shape index (κ3) is 9.81. The number of benzene rings is 2. The largest absolute Gasteiger partial charge is 0.508 e. The Bertz CT molecular complexity index is 1220. The van der Waals surface area contributed by atoms with Gasteiger partial charge in [0.15, 0.2) is 6.35 Å². The number of hydrazine groups is 2. The van der Waals surface area contributed by atoms with Crippen LogP contribution in [0.15, 0.2) is 30.3 Å². The number of phenols is 1. The molecular formula is C30H46N3O8P. The summed E-state index contributed by atoms with van der Waals surface area (Å²) < 4.78 is 29.2. The van der Waals surface area contributed by atoms with Crippen molar-refractivity contribution in [3.05, 3.63) is 58.1 Å². The minimum absolute atomic E-state index is 0.137. The Balaban J connectivity index is 2.23. The van der Waals surface area contributed by atoms with Crippen LogP contribution in [0.5, 0.6) is 11.5 Å². The predicted molar refractivity (Wildman–Crippen MR) is 161 cm³/mol. The van der Waals surface area contributed by atoms with Crippen LogP contribution < -0.4 is 15.6 Å². The van der Waals surface area contributed by atoms with Gasteiger partial charge in [0.1, 0.15) is 23.6 Å². The fourth-order valence-corrected chi connectivity index (χ4v) is 5.43. The number of carbonyl (C=O) groups excluding carboxylic acids is 2. The number of aromatic hydroxyl groups is 1. The van der Waals surface area contributed by atoms with E-state index in [-0.39, 0.29) is 19.1 Å². The van der Waals surface area contributed by atoms with E-state index in [0.29, 0.717) is 17.9 Å². The molecule has 12 heteroatoms. The second-order valence-corrected chi connectivity index (χ2v) is 12.4. The Labute approximate surface area is 249 Å². The van der Waals surface area contributed by atoms with Crippen LogP contribution in [0, 0.1) is 13.8 Å². The van der Waals surface area contributed by atoms with E-state index in [2.05, 4.69) is 24.7 Å². The average Bonchev–Trinajstić information content (AvgIpc) is 2.94. The summed E-state index contributed by atoms with van der Waals surface area (Å²) in [6, 6.07) is 7.27. The summed E-state index contributed by atoms with van der Waals surface area (Å²) in [5.74, 6) is -0.349. The van der Waals surface area contributed by atoms with Gasteiger partial charge < -0.3 is 24.2 Å².